The van der Waals surface area contributed by atoms with Crippen molar-refractivity contribution in [2.75, 3.05) is 13.2 Å². The molecule has 1 aliphatic carbocycles. The molecule has 0 bridgehead atoms. The zero-order valence-electron chi connectivity index (χ0n) is 13.4. The third-order valence-corrected chi connectivity index (χ3v) is 4.51. The third-order valence-electron chi connectivity index (χ3n) is 4.51. The molecule has 126 valence electrons. The molecule has 1 aromatic rings. The monoisotopic (exact) mass is 329 g/mol. The van der Waals surface area contributed by atoms with Crippen molar-refractivity contribution in [3.8, 4) is 11.8 Å². The molecule has 1 aliphatic heterocycles. The molecule has 7 nitrogen and oxygen atoms in total. The Kier molecular flexibility index (Phi) is 4.16. The van der Waals surface area contributed by atoms with Crippen molar-refractivity contribution in [1.82, 2.24) is 10.2 Å². The van der Waals surface area contributed by atoms with Gasteiger partial charge in [0.2, 0.25) is 0 Å². The summed E-state index contributed by atoms with van der Waals surface area (Å²) in [6.07, 6.45) is 0.874. The molecule has 3 amide bonds. The van der Waals surface area contributed by atoms with Gasteiger partial charge in [0.05, 0.1) is 18.2 Å². The number of ether oxygens (including phenoxy) is 1. The van der Waals surface area contributed by atoms with E-state index in [2.05, 4.69) is 5.32 Å². The number of aliphatic hydroxyl groups excluding tert-OH is 1. The number of aliphatic hydroxyl groups is 1. The highest BCUT2D eigenvalue weighted by Crippen LogP contribution is 2.42. The predicted octanol–water partition coefficient (Wildman–Crippen LogP) is 1.02. The minimum absolute atomic E-state index is 0.0525. The van der Waals surface area contributed by atoms with Crippen LogP contribution in [0.25, 0.3) is 0 Å². The number of urea groups is 1. The van der Waals surface area contributed by atoms with Crippen LogP contribution < -0.4 is 10.1 Å². The maximum absolute atomic E-state index is 12.5. The molecule has 2 aliphatic rings. The van der Waals surface area contributed by atoms with E-state index in [1.807, 2.05) is 6.07 Å². The van der Waals surface area contributed by atoms with Crippen molar-refractivity contribution in [3.05, 3.63) is 29.8 Å². The second-order valence-electron chi connectivity index (χ2n) is 6.42. The molecule has 0 aromatic heterocycles. The van der Waals surface area contributed by atoms with E-state index in [0.29, 0.717) is 11.3 Å². The van der Waals surface area contributed by atoms with Crippen LogP contribution in [0.2, 0.25) is 0 Å². The van der Waals surface area contributed by atoms with Gasteiger partial charge >= 0.3 is 6.03 Å². The second-order valence-corrected chi connectivity index (χ2v) is 6.42. The molecule has 2 fully saturated rings. The highest BCUT2D eigenvalue weighted by atomic mass is 16.5. The first-order chi connectivity index (χ1) is 11.4. The summed E-state index contributed by atoms with van der Waals surface area (Å²) in [6, 6.07) is 8.02. The number of hydrogen-bond donors (Lipinski definition) is 2. The fourth-order valence-corrected chi connectivity index (χ4v) is 2.90. The summed E-state index contributed by atoms with van der Waals surface area (Å²) in [4.78, 5) is 25.5. The number of amides is 3. The van der Waals surface area contributed by atoms with Crippen molar-refractivity contribution in [3.63, 3.8) is 0 Å². The molecule has 1 aromatic carbocycles. The van der Waals surface area contributed by atoms with Crippen molar-refractivity contribution >= 4 is 11.9 Å². The summed E-state index contributed by atoms with van der Waals surface area (Å²) in [6.45, 7) is 1.58. The van der Waals surface area contributed by atoms with E-state index in [4.69, 9.17) is 10.00 Å². The highest BCUT2D eigenvalue weighted by molar-refractivity contribution is 6.07. The number of nitrogens with one attached hydrogen (secondary N) is 1. The van der Waals surface area contributed by atoms with E-state index in [1.165, 1.54) is 0 Å². The molecule has 7 heteroatoms. The standard InChI is InChI=1S/C17H19N3O4/c1-17(12-4-5-12)15(22)20(16(23)19-17)9-13(21)10-24-14-6-2-11(8-18)3-7-14/h2-3,6-7,12-13,21H,4-5,9-10H2,1H3,(H,19,23)/t13-,17+/m0/s1. The quantitative estimate of drug-likeness (QED) is 0.759. The van der Waals surface area contributed by atoms with Gasteiger partial charge in [0.25, 0.3) is 5.91 Å². The summed E-state index contributed by atoms with van der Waals surface area (Å²) in [5.41, 5.74) is -0.327. The summed E-state index contributed by atoms with van der Waals surface area (Å²) < 4.78 is 5.43. The van der Waals surface area contributed by atoms with Gasteiger partial charge in [0.15, 0.2) is 0 Å². The minimum Gasteiger partial charge on any atom is -0.491 e. The SMILES string of the molecule is C[C@]1(C2CC2)NC(=O)N(C[C@H](O)COc2ccc(C#N)cc2)C1=O. The maximum Gasteiger partial charge on any atom is 0.325 e. The lowest BCUT2D eigenvalue weighted by atomic mass is 9.96. The normalized spacial score (nSPS) is 24.5. The minimum atomic E-state index is -0.989. The van der Waals surface area contributed by atoms with Crippen LogP contribution in [0.15, 0.2) is 24.3 Å². The van der Waals surface area contributed by atoms with Gasteiger partial charge in [0.1, 0.15) is 24.0 Å². The molecular formula is C17H19N3O4. The summed E-state index contributed by atoms with van der Waals surface area (Å²) >= 11 is 0. The van der Waals surface area contributed by atoms with Crippen molar-refractivity contribution in [2.45, 2.75) is 31.4 Å². The second kappa shape index (κ2) is 6.13. The summed E-state index contributed by atoms with van der Waals surface area (Å²) in [5, 5.41) is 21.6. The number of benzene rings is 1. The largest absolute Gasteiger partial charge is 0.491 e. The molecule has 0 radical (unpaired) electrons. The Bertz CT molecular complexity index is 693. The van der Waals surface area contributed by atoms with E-state index in [-0.39, 0.29) is 25.0 Å². The van der Waals surface area contributed by atoms with Crippen LogP contribution in [0.3, 0.4) is 0 Å². The smallest absolute Gasteiger partial charge is 0.325 e. The van der Waals surface area contributed by atoms with Crippen LogP contribution in [0, 0.1) is 17.2 Å². The average molecular weight is 329 g/mol. The highest BCUT2D eigenvalue weighted by Gasteiger charge is 2.56. The van der Waals surface area contributed by atoms with Gasteiger partial charge in [-0.05, 0) is 49.9 Å². The summed E-state index contributed by atoms with van der Waals surface area (Å²) in [7, 11) is 0. The first kappa shape index (κ1) is 16.3. The Hall–Kier alpha value is -2.59. The molecular weight excluding hydrogens is 310 g/mol. The number of rotatable bonds is 6. The fraction of sp³-hybridized carbons (Fsp3) is 0.471. The Morgan fingerprint density at radius 2 is 2.08 bits per heavy atom. The maximum atomic E-state index is 12.5. The number of β-amino-alcohol motifs (C(OH)–C–C–N with tert-alkyl or cyclic N) is 1. The number of nitrogens with zero attached hydrogens (tertiary/aromatic N) is 2. The number of carbonyl (C=O) groups is 2. The Morgan fingerprint density at radius 3 is 2.67 bits per heavy atom. The number of hydrogen-bond acceptors (Lipinski definition) is 5. The van der Waals surface area contributed by atoms with Crippen LogP contribution in [0.1, 0.15) is 25.3 Å². The molecule has 1 heterocycles. The third kappa shape index (κ3) is 3.05. The van der Waals surface area contributed by atoms with E-state index < -0.39 is 17.7 Å². The first-order valence-corrected chi connectivity index (χ1v) is 7.89. The van der Waals surface area contributed by atoms with Gasteiger partial charge in [-0.15, -0.1) is 0 Å². The summed E-state index contributed by atoms with van der Waals surface area (Å²) in [5.74, 6) is 0.409. The Labute approximate surface area is 139 Å². The lowest BCUT2D eigenvalue weighted by Gasteiger charge is -2.22. The number of carbonyl (C=O) groups excluding carboxylic acids is 2. The zero-order chi connectivity index (χ0) is 17.3. The van der Waals surface area contributed by atoms with Gasteiger partial charge in [-0.3, -0.25) is 9.69 Å². The topological polar surface area (TPSA) is 103 Å². The van der Waals surface area contributed by atoms with Gasteiger partial charge in [0, 0.05) is 0 Å². The van der Waals surface area contributed by atoms with Gasteiger partial charge < -0.3 is 15.2 Å². The average Bonchev–Trinajstić information content (AvgIpc) is 3.40. The van der Waals surface area contributed by atoms with Gasteiger partial charge in [-0.2, -0.15) is 5.26 Å². The molecule has 0 unspecified atom stereocenters. The van der Waals surface area contributed by atoms with E-state index in [1.54, 1.807) is 31.2 Å². The fourth-order valence-electron chi connectivity index (χ4n) is 2.90. The Morgan fingerprint density at radius 1 is 1.42 bits per heavy atom. The molecule has 2 N–H and O–H groups in total. The molecule has 1 saturated carbocycles. The lowest BCUT2D eigenvalue weighted by Crippen LogP contribution is -2.46. The van der Waals surface area contributed by atoms with E-state index in [0.717, 1.165) is 17.7 Å². The van der Waals surface area contributed by atoms with Crippen molar-refractivity contribution < 1.29 is 19.4 Å². The van der Waals surface area contributed by atoms with Crippen molar-refractivity contribution in [2.24, 2.45) is 5.92 Å². The van der Waals surface area contributed by atoms with Crippen LogP contribution >= 0.6 is 0 Å². The van der Waals surface area contributed by atoms with E-state index in [9.17, 15) is 14.7 Å². The van der Waals surface area contributed by atoms with Crippen LogP contribution in [0.5, 0.6) is 5.75 Å². The Balaban J connectivity index is 1.54. The van der Waals surface area contributed by atoms with Gasteiger partial charge in [-0.25, -0.2) is 4.79 Å². The molecule has 3 rings (SSSR count). The zero-order valence-corrected chi connectivity index (χ0v) is 13.4. The molecule has 1 saturated heterocycles. The van der Waals surface area contributed by atoms with Gasteiger partial charge in [-0.1, -0.05) is 0 Å². The molecule has 24 heavy (non-hydrogen) atoms. The first-order valence-electron chi connectivity index (χ1n) is 7.89. The van der Waals surface area contributed by atoms with E-state index >= 15 is 0 Å². The number of imide groups is 1. The molecule has 0 spiro atoms. The van der Waals surface area contributed by atoms with Crippen LogP contribution in [-0.2, 0) is 4.79 Å². The number of nitriles is 1. The molecule has 2 atom stereocenters. The van der Waals surface area contributed by atoms with Crippen molar-refractivity contribution in [1.29, 1.82) is 5.26 Å². The van der Waals surface area contributed by atoms with Crippen LogP contribution in [-0.4, -0.2) is 46.7 Å². The predicted molar refractivity (Wildman–Crippen MR) is 84.0 cm³/mol. The lowest BCUT2D eigenvalue weighted by molar-refractivity contribution is -0.132. The van der Waals surface area contributed by atoms with Crippen LogP contribution in [0.4, 0.5) is 4.79 Å².